The molecule has 0 fully saturated rings. The molecule has 28 heavy (non-hydrogen) atoms. The van der Waals surface area contributed by atoms with Crippen molar-refractivity contribution in [3.8, 4) is 0 Å². The summed E-state index contributed by atoms with van der Waals surface area (Å²) >= 11 is 1.70. The summed E-state index contributed by atoms with van der Waals surface area (Å²) in [5, 5.41) is 6.39. The van der Waals surface area contributed by atoms with Gasteiger partial charge >= 0.3 is 0 Å². The summed E-state index contributed by atoms with van der Waals surface area (Å²) in [5.41, 5.74) is 3.19. The first-order valence-corrected chi connectivity index (χ1v) is 10.6. The van der Waals surface area contributed by atoms with Crippen molar-refractivity contribution in [1.82, 2.24) is 9.88 Å². The molecule has 0 saturated heterocycles. The minimum absolute atomic E-state index is 0.0144. The van der Waals surface area contributed by atoms with Gasteiger partial charge in [-0.25, -0.2) is 0 Å². The van der Waals surface area contributed by atoms with E-state index < -0.39 is 0 Å². The number of carbonyl (C=O) groups excluding carboxylic acids is 1. The number of rotatable bonds is 7. The van der Waals surface area contributed by atoms with E-state index in [9.17, 15) is 4.79 Å². The van der Waals surface area contributed by atoms with Gasteiger partial charge in [-0.15, -0.1) is 11.3 Å². The summed E-state index contributed by atoms with van der Waals surface area (Å²) in [6, 6.07) is 24.7. The third kappa shape index (κ3) is 4.02. The Hall–Kier alpha value is -2.85. The largest absolute Gasteiger partial charge is 0.344 e. The third-order valence-electron chi connectivity index (χ3n) is 5.07. The van der Waals surface area contributed by atoms with Gasteiger partial charge in [-0.2, -0.15) is 0 Å². The van der Waals surface area contributed by atoms with Gasteiger partial charge in [-0.1, -0.05) is 60.7 Å². The Morgan fingerprint density at radius 3 is 2.50 bits per heavy atom. The van der Waals surface area contributed by atoms with Crippen LogP contribution in [0.1, 0.15) is 41.0 Å². The molecule has 1 amide bonds. The summed E-state index contributed by atoms with van der Waals surface area (Å²) in [7, 11) is 0. The highest BCUT2D eigenvalue weighted by Crippen LogP contribution is 2.26. The molecule has 0 saturated carbocycles. The summed E-state index contributed by atoms with van der Waals surface area (Å²) < 4.78 is 2.18. The minimum Gasteiger partial charge on any atom is -0.344 e. The molecule has 0 aliphatic rings. The number of nitrogens with one attached hydrogen (secondary N) is 1. The zero-order valence-electron chi connectivity index (χ0n) is 16.0. The van der Waals surface area contributed by atoms with Crippen molar-refractivity contribution >= 4 is 27.5 Å². The maximum absolute atomic E-state index is 13.0. The van der Waals surface area contributed by atoms with Crippen LogP contribution in [-0.4, -0.2) is 10.5 Å². The molecule has 4 heteroatoms. The molecule has 0 unspecified atom stereocenters. The zero-order valence-corrected chi connectivity index (χ0v) is 16.8. The molecule has 2 aromatic heterocycles. The van der Waals surface area contributed by atoms with Crippen molar-refractivity contribution in [2.75, 3.05) is 0 Å². The second-order valence-corrected chi connectivity index (χ2v) is 7.95. The molecule has 4 aromatic rings. The zero-order chi connectivity index (χ0) is 19.3. The lowest BCUT2D eigenvalue weighted by atomic mass is 10.1. The number of fused-ring (bicyclic) bond motifs is 1. The standard InChI is InChI=1S/C24H24N2OS/c1-18(20-12-6-3-7-13-20)25-23(27)22-17-21-14-16-28-24(21)26(22)15-8-11-19-9-4-2-5-10-19/h2-7,9-10,12-14,16-18H,8,11,15H2,1H3,(H,25,27)/t18-/m0/s1. The highest BCUT2D eigenvalue weighted by molar-refractivity contribution is 7.16. The lowest BCUT2D eigenvalue weighted by Gasteiger charge is -2.16. The number of nitrogens with zero attached hydrogens (tertiary/aromatic N) is 1. The summed E-state index contributed by atoms with van der Waals surface area (Å²) in [6.07, 6.45) is 2.01. The van der Waals surface area contributed by atoms with Gasteiger partial charge in [0.25, 0.3) is 5.91 Å². The Morgan fingerprint density at radius 2 is 1.75 bits per heavy atom. The molecule has 3 nitrogen and oxygen atoms in total. The van der Waals surface area contributed by atoms with Gasteiger partial charge < -0.3 is 9.88 Å². The molecular weight excluding hydrogens is 364 g/mol. The molecule has 4 rings (SSSR count). The van der Waals surface area contributed by atoms with Crippen LogP contribution in [0.3, 0.4) is 0 Å². The molecule has 0 aliphatic heterocycles. The predicted octanol–water partition coefficient (Wildman–Crippen LogP) is 5.83. The van der Waals surface area contributed by atoms with Crippen molar-refractivity contribution in [3.63, 3.8) is 0 Å². The fourth-order valence-electron chi connectivity index (χ4n) is 3.57. The van der Waals surface area contributed by atoms with Crippen LogP contribution in [0, 0.1) is 0 Å². The Kier molecular flexibility index (Phi) is 5.58. The van der Waals surface area contributed by atoms with Crippen LogP contribution in [0.5, 0.6) is 0 Å². The van der Waals surface area contributed by atoms with Crippen LogP contribution in [0.15, 0.2) is 78.2 Å². The van der Waals surface area contributed by atoms with Crippen LogP contribution in [0.2, 0.25) is 0 Å². The highest BCUT2D eigenvalue weighted by atomic mass is 32.1. The number of thiophene rings is 1. The Labute approximate surface area is 169 Å². The van der Waals surface area contributed by atoms with E-state index in [-0.39, 0.29) is 11.9 Å². The monoisotopic (exact) mass is 388 g/mol. The molecule has 0 bridgehead atoms. The van der Waals surface area contributed by atoms with E-state index in [0.29, 0.717) is 0 Å². The number of hydrogen-bond donors (Lipinski definition) is 1. The Bertz CT molecular complexity index is 1050. The van der Waals surface area contributed by atoms with E-state index in [4.69, 9.17) is 0 Å². The number of hydrogen-bond acceptors (Lipinski definition) is 2. The lowest BCUT2D eigenvalue weighted by Crippen LogP contribution is -2.28. The van der Waals surface area contributed by atoms with Crippen LogP contribution in [0.4, 0.5) is 0 Å². The number of benzene rings is 2. The molecule has 2 aromatic carbocycles. The molecule has 0 aliphatic carbocycles. The number of aromatic nitrogens is 1. The number of aryl methyl sites for hydroxylation is 2. The van der Waals surface area contributed by atoms with Crippen LogP contribution >= 0.6 is 11.3 Å². The maximum atomic E-state index is 13.0. The third-order valence-corrected chi connectivity index (χ3v) is 6.02. The minimum atomic E-state index is -0.0283. The quantitative estimate of drug-likeness (QED) is 0.425. The smallest absolute Gasteiger partial charge is 0.268 e. The lowest BCUT2D eigenvalue weighted by molar-refractivity contribution is 0.0931. The van der Waals surface area contributed by atoms with Crippen LogP contribution in [-0.2, 0) is 13.0 Å². The van der Waals surface area contributed by atoms with Crippen molar-refractivity contribution in [2.45, 2.75) is 32.4 Å². The molecule has 0 spiro atoms. The fourth-order valence-corrected chi connectivity index (χ4v) is 4.49. The summed E-state index contributed by atoms with van der Waals surface area (Å²) in [4.78, 5) is 14.2. The topological polar surface area (TPSA) is 34.0 Å². The van der Waals surface area contributed by atoms with Crippen LogP contribution in [0.25, 0.3) is 10.2 Å². The van der Waals surface area contributed by atoms with Gasteiger partial charge in [0.15, 0.2) is 0 Å². The second-order valence-electron chi connectivity index (χ2n) is 7.06. The van der Waals surface area contributed by atoms with E-state index in [0.717, 1.165) is 36.0 Å². The van der Waals surface area contributed by atoms with Crippen molar-refractivity contribution in [3.05, 3.63) is 95.0 Å². The van der Waals surface area contributed by atoms with E-state index in [1.165, 1.54) is 10.4 Å². The number of amides is 1. The van der Waals surface area contributed by atoms with Gasteiger partial charge in [0.05, 0.1) is 6.04 Å². The molecule has 1 N–H and O–H groups in total. The van der Waals surface area contributed by atoms with Crippen molar-refractivity contribution in [1.29, 1.82) is 0 Å². The van der Waals surface area contributed by atoms with Crippen molar-refractivity contribution < 1.29 is 4.79 Å². The van der Waals surface area contributed by atoms with Gasteiger partial charge in [-0.3, -0.25) is 4.79 Å². The second kappa shape index (κ2) is 8.44. The average Bonchev–Trinajstić information content (AvgIpc) is 3.32. The first-order chi connectivity index (χ1) is 13.7. The van der Waals surface area contributed by atoms with Crippen molar-refractivity contribution in [2.24, 2.45) is 0 Å². The average molecular weight is 389 g/mol. The Balaban J connectivity index is 1.51. The molecule has 0 radical (unpaired) electrons. The predicted molar refractivity (Wildman–Crippen MR) is 117 cm³/mol. The molecule has 2 heterocycles. The van der Waals surface area contributed by atoms with Gasteiger partial charge in [-0.05, 0) is 48.4 Å². The SMILES string of the molecule is C[C@H](NC(=O)c1cc2ccsc2n1CCCc1ccccc1)c1ccccc1. The number of carbonyl (C=O) groups is 1. The van der Waals surface area contributed by atoms with E-state index in [1.54, 1.807) is 11.3 Å². The normalized spacial score (nSPS) is 12.2. The fraction of sp³-hybridized carbons (Fsp3) is 0.208. The van der Waals surface area contributed by atoms with E-state index in [1.807, 2.05) is 49.4 Å². The molecular formula is C24H24N2OS. The highest BCUT2D eigenvalue weighted by Gasteiger charge is 2.18. The van der Waals surface area contributed by atoms with Crippen LogP contribution < -0.4 is 5.32 Å². The summed E-state index contributed by atoms with van der Waals surface area (Å²) in [5.74, 6) is -0.0144. The molecule has 1 atom stereocenters. The summed E-state index contributed by atoms with van der Waals surface area (Å²) in [6.45, 7) is 2.86. The first-order valence-electron chi connectivity index (χ1n) is 9.69. The van der Waals surface area contributed by atoms with Gasteiger partial charge in [0, 0.05) is 11.9 Å². The van der Waals surface area contributed by atoms with E-state index >= 15 is 0 Å². The van der Waals surface area contributed by atoms with E-state index in [2.05, 4.69) is 45.6 Å². The van der Waals surface area contributed by atoms with Gasteiger partial charge in [0.2, 0.25) is 0 Å². The Morgan fingerprint density at radius 1 is 1.04 bits per heavy atom. The first kappa shape index (κ1) is 18.5. The van der Waals surface area contributed by atoms with Gasteiger partial charge in [0.1, 0.15) is 10.5 Å². The molecule has 142 valence electrons. The maximum Gasteiger partial charge on any atom is 0.268 e.